The Kier molecular flexibility index (Phi) is 2.27. The smallest absolute Gasteiger partial charge is 0.317 e. The van der Waals surface area contributed by atoms with Crippen molar-refractivity contribution in [1.82, 2.24) is 15.2 Å². The molecule has 0 amide bonds. The van der Waals surface area contributed by atoms with Gasteiger partial charge in [0, 0.05) is 4.47 Å². The van der Waals surface area contributed by atoms with Crippen LogP contribution in [0.2, 0.25) is 0 Å². The summed E-state index contributed by atoms with van der Waals surface area (Å²) < 4.78 is 6.33. The van der Waals surface area contributed by atoms with Crippen molar-refractivity contribution in [3.05, 3.63) is 35.1 Å². The van der Waals surface area contributed by atoms with E-state index in [9.17, 15) is 0 Å². The maximum Gasteiger partial charge on any atom is 0.317 e. The second kappa shape index (κ2) is 3.57. The summed E-state index contributed by atoms with van der Waals surface area (Å²) in [6, 6.07) is 7.86. The first kappa shape index (κ1) is 8.25. The van der Waals surface area contributed by atoms with E-state index < -0.39 is 0 Å². The van der Waals surface area contributed by atoms with Crippen LogP contribution in [0.15, 0.2) is 35.1 Å². The molecule has 2 aromatic rings. The van der Waals surface area contributed by atoms with Crippen LogP contribution in [-0.2, 0) is 0 Å². The molecule has 0 atom stereocenters. The fourth-order valence-electron chi connectivity index (χ4n) is 0.858. The zero-order valence-corrected chi connectivity index (χ0v) is 8.15. The molecule has 0 bridgehead atoms. The lowest BCUT2D eigenvalue weighted by molar-refractivity contribution is 0.444. The van der Waals surface area contributed by atoms with Crippen molar-refractivity contribution in [2.75, 3.05) is 0 Å². The Morgan fingerprint density at radius 1 is 1.23 bits per heavy atom. The molecule has 4 nitrogen and oxygen atoms in total. The van der Waals surface area contributed by atoms with E-state index in [0.717, 1.165) is 10.2 Å². The normalized spacial score (nSPS) is 9.92. The average Bonchev–Trinajstić information content (AvgIpc) is 2.62. The third-order valence-corrected chi connectivity index (χ3v) is 1.95. The number of nitrogens with zero attached hydrogens (tertiary/aromatic N) is 2. The monoisotopic (exact) mass is 239 g/mol. The van der Waals surface area contributed by atoms with E-state index in [0.29, 0.717) is 6.01 Å². The maximum atomic E-state index is 5.32. The maximum absolute atomic E-state index is 5.32. The molecular weight excluding hydrogens is 234 g/mol. The van der Waals surface area contributed by atoms with Crippen molar-refractivity contribution in [3.63, 3.8) is 0 Å². The number of aromatic nitrogens is 3. The highest BCUT2D eigenvalue weighted by Gasteiger charge is 1.97. The average molecular weight is 240 g/mol. The van der Waals surface area contributed by atoms with Crippen molar-refractivity contribution < 1.29 is 4.74 Å². The van der Waals surface area contributed by atoms with E-state index in [-0.39, 0.29) is 0 Å². The number of benzene rings is 1. The molecule has 0 aliphatic heterocycles. The van der Waals surface area contributed by atoms with Gasteiger partial charge in [0.25, 0.3) is 0 Å². The van der Waals surface area contributed by atoms with Crippen LogP contribution in [0.3, 0.4) is 0 Å². The highest BCUT2D eigenvalue weighted by molar-refractivity contribution is 9.10. The summed E-state index contributed by atoms with van der Waals surface area (Å²) >= 11 is 3.33. The molecule has 1 aromatic carbocycles. The van der Waals surface area contributed by atoms with Crippen LogP contribution in [0.5, 0.6) is 11.8 Å². The van der Waals surface area contributed by atoms with Crippen molar-refractivity contribution in [1.29, 1.82) is 0 Å². The second-order valence-electron chi connectivity index (χ2n) is 2.35. The van der Waals surface area contributed by atoms with Gasteiger partial charge in [0.2, 0.25) is 0 Å². The Morgan fingerprint density at radius 2 is 2.00 bits per heavy atom. The lowest BCUT2D eigenvalue weighted by Crippen LogP contribution is -1.85. The van der Waals surface area contributed by atoms with Crippen molar-refractivity contribution >= 4 is 15.9 Å². The molecule has 0 saturated heterocycles. The third-order valence-electron chi connectivity index (χ3n) is 1.42. The molecule has 5 heteroatoms. The highest BCUT2D eigenvalue weighted by Crippen LogP contribution is 2.19. The topological polar surface area (TPSA) is 50.8 Å². The van der Waals surface area contributed by atoms with Gasteiger partial charge in [0.1, 0.15) is 12.1 Å². The van der Waals surface area contributed by atoms with Gasteiger partial charge in [-0.15, -0.1) is 0 Å². The van der Waals surface area contributed by atoms with Crippen molar-refractivity contribution in [2.24, 2.45) is 0 Å². The van der Waals surface area contributed by atoms with Gasteiger partial charge in [0.15, 0.2) is 0 Å². The van der Waals surface area contributed by atoms with Gasteiger partial charge in [-0.25, -0.2) is 5.10 Å². The van der Waals surface area contributed by atoms with Crippen molar-refractivity contribution in [3.8, 4) is 11.8 Å². The molecule has 1 N–H and O–H groups in total. The Hall–Kier alpha value is -1.36. The Bertz CT molecular complexity index is 371. The number of hydrogen-bond acceptors (Lipinski definition) is 3. The molecule has 1 aromatic heterocycles. The molecule has 66 valence electrons. The van der Waals surface area contributed by atoms with Gasteiger partial charge in [-0.1, -0.05) is 15.9 Å². The lowest BCUT2D eigenvalue weighted by Gasteiger charge is -1.99. The van der Waals surface area contributed by atoms with E-state index in [1.54, 1.807) is 0 Å². The van der Waals surface area contributed by atoms with Crippen molar-refractivity contribution in [2.45, 2.75) is 0 Å². The predicted octanol–water partition coefficient (Wildman–Crippen LogP) is 2.36. The summed E-state index contributed by atoms with van der Waals surface area (Å²) in [6.07, 6.45) is 1.40. The van der Waals surface area contributed by atoms with E-state index in [1.165, 1.54) is 6.33 Å². The standard InChI is InChI=1S/C8H6BrN3O/c9-6-1-3-7(4-2-6)13-8-10-5-11-12-8/h1-5H,(H,10,11,12). The zero-order chi connectivity index (χ0) is 9.10. The predicted molar refractivity (Wildman–Crippen MR) is 50.6 cm³/mol. The number of aromatic amines is 1. The van der Waals surface area contributed by atoms with Gasteiger partial charge >= 0.3 is 6.01 Å². The third kappa shape index (κ3) is 2.06. The first-order valence-electron chi connectivity index (χ1n) is 3.63. The molecule has 0 fully saturated rings. The fourth-order valence-corrected chi connectivity index (χ4v) is 1.12. The zero-order valence-electron chi connectivity index (χ0n) is 6.57. The molecule has 0 aliphatic carbocycles. The number of hydrogen-bond donors (Lipinski definition) is 1. The number of ether oxygens (including phenoxy) is 1. The van der Waals surface area contributed by atoms with Crippen LogP contribution in [0.4, 0.5) is 0 Å². The Morgan fingerprint density at radius 3 is 2.62 bits per heavy atom. The SMILES string of the molecule is Brc1ccc(Oc2ncn[nH]2)cc1. The second-order valence-corrected chi connectivity index (χ2v) is 3.26. The van der Waals surface area contributed by atoms with Crippen LogP contribution < -0.4 is 4.74 Å². The molecule has 0 spiro atoms. The largest absolute Gasteiger partial charge is 0.425 e. The minimum Gasteiger partial charge on any atom is -0.425 e. The summed E-state index contributed by atoms with van der Waals surface area (Å²) in [5.41, 5.74) is 0. The number of nitrogens with one attached hydrogen (secondary N) is 1. The first-order chi connectivity index (χ1) is 6.34. The number of rotatable bonds is 2. The van der Waals surface area contributed by atoms with E-state index in [4.69, 9.17) is 4.74 Å². The van der Waals surface area contributed by atoms with Gasteiger partial charge in [-0.05, 0) is 24.3 Å². The van der Waals surface area contributed by atoms with Crippen LogP contribution in [0.1, 0.15) is 0 Å². The van der Waals surface area contributed by atoms with E-state index >= 15 is 0 Å². The minimum absolute atomic E-state index is 0.391. The quantitative estimate of drug-likeness (QED) is 0.876. The van der Waals surface area contributed by atoms with Crippen LogP contribution >= 0.6 is 15.9 Å². The van der Waals surface area contributed by atoms with Gasteiger partial charge in [0.05, 0.1) is 0 Å². The summed E-state index contributed by atoms with van der Waals surface area (Å²) in [5.74, 6) is 0.722. The lowest BCUT2D eigenvalue weighted by atomic mass is 10.3. The summed E-state index contributed by atoms with van der Waals surface area (Å²) in [7, 11) is 0. The summed E-state index contributed by atoms with van der Waals surface area (Å²) in [6.45, 7) is 0. The molecule has 1 heterocycles. The molecule has 13 heavy (non-hydrogen) atoms. The molecule has 2 rings (SSSR count). The number of H-pyrrole nitrogens is 1. The van der Waals surface area contributed by atoms with Gasteiger partial charge < -0.3 is 4.74 Å². The molecule has 0 unspecified atom stereocenters. The minimum atomic E-state index is 0.391. The van der Waals surface area contributed by atoms with Crippen LogP contribution in [0, 0.1) is 0 Å². The fraction of sp³-hybridized carbons (Fsp3) is 0. The van der Waals surface area contributed by atoms with Crippen LogP contribution in [0.25, 0.3) is 0 Å². The summed E-state index contributed by atoms with van der Waals surface area (Å²) in [4.78, 5) is 3.83. The molecule has 0 radical (unpaired) electrons. The van der Waals surface area contributed by atoms with Crippen LogP contribution in [-0.4, -0.2) is 15.2 Å². The van der Waals surface area contributed by atoms with E-state index in [2.05, 4.69) is 31.1 Å². The first-order valence-corrected chi connectivity index (χ1v) is 4.43. The van der Waals surface area contributed by atoms with Gasteiger partial charge in [-0.3, -0.25) is 0 Å². The molecular formula is C8H6BrN3O. The molecule has 0 aliphatic rings. The molecule has 0 saturated carbocycles. The Labute approximate surface area is 83.1 Å². The Balaban J connectivity index is 2.15. The number of halogens is 1. The summed E-state index contributed by atoms with van der Waals surface area (Å²) in [5, 5.41) is 6.27. The van der Waals surface area contributed by atoms with Gasteiger partial charge in [-0.2, -0.15) is 10.1 Å². The highest BCUT2D eigenvalue weighted by atomic mass is 79.9. The van der Waals surface area contributed by atoms with E-state index in [1.807, 2.05) is 24.3 Å².